The van der Waals surface area contributed by atoms with Gasteiger partial charge in [0.2, 0.25) is 0 Å². The summed E-state index contributed by atoms with van der Waals surface area (Å²) in [6.07, 6.45) is 5.05. The van der Waals surface area contributed by atoms with Gasteiger partial charge in [-0.25, -0.2) is 0 Å². The minimum absolute atomic E-state index is 0.0772. The highest BCUT2D eigenvalue weighted by molar-refractivity contribution is 9.10. The maximum absolute atomic E-state index is 9.54. The maximum atomic E-state index is 9.54. The molecule has 2 nitrogen and oxygen atoms in total. The third-order valence-electron chi connectivity index (χ3n) is 3.82. The molecule has 1 aromatic rings. The van der Waals surface area contributed by atoms with Crippen molar-refractivity contribution >= 4 is 15.9 Å². The van der Waals surface area contributed by atoms with Crippen molar-refractivity contribution in [2.45, 2.75) is 57.2 Å². The van der Waals surface area contributed by atoms with Crippen LogP contribution < -0.4 is 5.32 Å². The summed E-state index contributed by atoms with van der Waals surface area (Å²) in [7, 11) is 0. The second kappa shape index (κ2) is 6.69. The molecule has 1 atom stereocenters. The molecular formula is C15H22BrNO. The molecule has 0 bridgehead atoms. The lowest BCUT2D eigenvalue weighted by molar-refractivity contribution is 0.114. The van der Waals surface area contributed by atoms with Crippen LogP contribution in [0.5, 0.6) is 0 Å². The SMILES string of the molecule is CC[C@H](NC1CCC(O)CC1)c1ccccc1Br. The Balaban J connectivity index is 1.99. The largest absolute Gasteiger partial charge is 0.393 e. The fourth-order valence-electron chi connectivity index (χ4n) is 2.71. The van der Waals surface area contributed by atoms with Gasteiger partial charge in [0.25, 0.3) is 0 Å². The van der Waals surface area contributed by atoms with E-state index in [0.717, 1.165) is 32.1 Å². The molecule has 2 rings (SSSR count). The fraction of sp³-hybridized carbons (Fsp3) is 0.600. The van der Waals surface area contributed by atoms with Gasteiger partial charge in [-0.3, -0.25) is 0 Å². The summed E-state index contributed by atoms with van der Waals surface area (Å²) in [6.45, 7) is 2.22. The van der Waals surface area contributed by atoms with E-state index in [1.54, 1.807) is 0 Å². The molecule has 0 unspecified atom stereocenters. The third-order valence-corrected chi connectivity index (χ3v) is 4.54. The number of halogens is 1. The number of rotatable bonds is 4. The van der Waals surface area contributed by atoms with Crippen LogP contribution in [-0.2, 0) is 0 Å². The lowest BCUT2D eigenvalue weighted by atomic mass is 9.91. The number of hydrogen-bond acceptors (Lipinski definition) is 2. The van der Waals surface area contributed by atoms with E-state index in [2.05, 4.69) is 52.4 Å². The van der Waals surface area contributed by atoms with Crippen molar-refractivity contribution in [1.82, 2.24) is 5.32 Å². The van der Waals surface area contributed by atoms with Gasteiger partial charge >= 0.3 is 0 Å². The zero-order valence-electron chi connectivity index (χ0n) is 10.9. The van der Waals surface area contributed by atoms with Crippen molar-refractivity contribution in [1.29, 1.82) is 0 Å². The maximum Gasteiger partial charge on any atom is 0.0541 e. The van der Waals surface area contributed by atoms with E-state index in [4.69, 9.17) is 0 Å². The summed E-state index contributed by atoms with van der Waals surface area (Å²) >= 11 is 3.63. The Morgan fingerprint density at radius 2 is 1.94 bits per heavy atom. The Morgan fingerprint density at radius 3 is 2.56 bits per heavy atom. The van der Waals surface area contributed by atoms with Gasteiger partial charge in [-0.15, -0.1) is 0 Å². The number of aliphatic hydroxyl groups excluding tert-OH is 1. The molecule has 1 aromatic carbocycles. The van der Waals surface area contributed by atoms with E-state index in [1.807, 2.05) is 0 Å². The standard InChI is InChI=1S/C15H22BrNO/c1-2-15(13-5-3-4-6-14(13)16)17-11-7-9-12(18)10-8-11/h3-6,11-12,15,17-18H,2,7-10H2,1H3/t11?,12?,15-/m0/s1. The molecule has 0 aliphatic heterocycles. The topological polar surface area (TPSA) is 32.3 Å². The molecule has 0 aromatic heterocycles. The molecule has 100 valence electrons. The van der Waals surface area contributed by atoms with E-state index < -0.39 is 0 Å². The van der Waals surface area contributed by atoms with Gasteiger partial charge in [-0.1, -0.05) is 41.1 Å². The smallest absolute Gasteiger partial charge is 0.0541 e. The molecule has 0 saturated heterocycles. The van der Waals surface area contributed by atoms with Gasteiger partial charge in [0.1, 0.15) is 0 Å². The van der Waals surface area contributed by atoms with Gasteiger partial charge < -0.3 is 10.4 Å². The highest BCUT2D eigenvalue weighted by Gasteiger charge is 2.22. The van der Waals surface area contributed by atoms with Crippen LogP contribution in [0, 0.1) is 0 Å². The van der Waals surface area contributed by atoms with E-state index >= 15 is 0 Å². The van der Waals surface area contributed by atoms with Gasteiger partial charge in [-0.05, 0) is 43.7 Å². The van der Waals surface area contributed by atoms with Crippen LogP contribution in [0.2, 0.25) is 0 Å². The zero-order valence-corrected chi connectivity index (χ0v) is 12.5. The second-order valence-electron chi connectivity index (χ2n) is 5.15. The minimum Gasteiger partial charge on any atom is -0.393 e. The Kier molecular flexibility index (Phi) is 5.22. The zero-order chi connectivity index (χ0) is 13.0. The number of hydrogen-bond donors (Lipinski definition) is 2. The molecular weight excluding hydrogens is 290 g/mol. The van der Waals surface area contributed by atoms with Crippen molar-refractivity contribution in [2.75, 3.05) is 0 Å². The Morgan fingerprint density at radius 1 is 1.28 bits per heavy atom. The summed E-state index contributed by atoms with van der Waals surface area (Å²) in [5.41, 5.74) is 1.34. The van der Waals surface area contributed by atoms with Gasteiger partial charge in [-0.2, -0.15) is 0 Å². The number of nitrogens with one attached hydrogen (secondary N) is 1. The fourth-order valence-corrected chi connectivity index (χ4v) is 3.27. The van der Waals surface area contributed by atoms with Crippen molar-refractivity contribution in [3.63, 3.8) is 0 Å². The summed E-state index contributed by atoms with van der Waals surface area (Å²) < 4.78 is 1.18. The van der Waals surface area contributed by atoms with Crippen LogP contribution in [0.25, 0.3) is 0 Å². The summed E-state index contributed by atoms with van der Waals surface area (Å²) in [6, 6.07) is 9.38. The average molecular weight is 312 g/mol. The predicted molar refractivity (Wildman–Crippen MR) is 78.6 cm³/mol. The van der Waals surface area contributed by atoms with Gasteiger partial charge in [0, 0.05) is 16.6 Å². The molecule has 0 spiro atoms. The molecule has 18 heavy (non-hydrogen) atoms. The van der Waals surface area contributed by atoms with Crippen LogP contribution in [0.1, 0.15) is 50.6 Å². The normalized spacial score (nSPS) is 25.9. The third kappa shape index (κ3) is 3.56. The van der Waals surface area contributed by atoms with Crippen molar-refractivity contribution in [2.24, 2.45) is 0 Å². The van der Waals surface area contributed by atoms with Crippen LogP contribution in [0.4, 0.5) is 0 Å². The molecule has 3 heteroatoms. The first-order valence-corrected chi connectivity index (χ1v) is 7.68. The van der Waals surface area contributed by atoms with Crippen LogP contribution >= 0.6 is 15.9 Å². The molecule has 1 fully saturated rings. The minimum atomic E-state index is -0.0772. The summed E-state index contributed by atoms with van der Waals surface area (Å²) in [5, 5.41) is 13.3. The first kappa shape index (κ1) is 14.0. The Bertz CT molecular complexity index is 375. The van der Waals surface area contributed by atoms with Gasteiger partial charge in [0.05, 0.1) is 6.10 Å². The highest BCUT2D eigenvalue weighted by Crippen LogP contribution is 2.28. The second-order valence-corrected chi connectivity index (χ2v) is 6.01. The molecule has 2 N–H and O–H groups in total. The highest BCUT2D eigenvalue weighted by atomic mass is 79.9. The lowest BCUT2D eigenvalue weighted by Gasteiger charge is -2.30. The average Bonchev–Trinajstić information content (AvgIpc) is 2.39. The quantitative estimate of drug-likeness (QED) is 0.886. The molecule has 1 saturated carbocycles. The van der Waals surface area contributed by atoms with Crippen molar-refractivity contribution in [3.05, 3.63) is 34.3 Å². The number of aliphatic hydroxyl groups is 1. The van der Waals surface area contributed by atoms with Crippen LogP contribution in [0.15, 0.2) is 28.7 Å². The molecule has 0 amide bonds. The predicted octanol–water partition coefficient (Wildman–Crippen LogP) is 3.79. The molecule has 0 radical (unpaired) electrons. The van der Waals surface area contributed by atoms with E-state index in [1.165, 1.54) is 10.0 Å². The monoisotopic (exact) mass is 311 g/mol. The number of benzene rings is 1. The van der Waals surface area contributed by atoms with Gasteiger partial charge in [0.15, 0.2) is 0 Å². The first-order chi connectivity index (χ1) is 8.70. The summed E-state index contributed by atoms with van der Waals surface area (Å²) in [4.78, 5) is 0. The van der Waals surface area contributed by atoms with Crippen LogP contribution in [-0.4, -0.2) is 17.3 Å². The van der Waals surface area contributed by atoms with Crippen molar-refractivity contribution in [3.8, 4) is 0 Å². The lowest BCUT2D eigenvalue weighted by Crippen LogP contribution is -2.37. The van der Waals surface area contributed by atoms with Crippen molar-refractivity contribution < 1.29 is 5.11 Å². The van der Waals surface area contributed by atoms with E-state index in [9.17, 15) is 5.11 Å². The Hall–Kier alpha value is -0.380. The van der Waals surface area contributed by atoms with Crippen LogP contribution in [0.3, 0.4) is 0 Å². The molecule has 1 aliphatic carbocycles. The summed E-state index contributed by atoms with van der Waals surface area (Å²) in [5.74, 6) is 0. The van der Waals surface area contributed by atoms with E-state index in [0.29, 0.717) is 12.1 Å². The molecule has 0 heterocycles. The first-order valence-electron chi connectivity index (χ1n) is 6.89. The molecule has 1 aliphatic rings. The van der Waals surface area contributed by atoms with E-state index in [-0.39, 0.29) is 6.10 Å². The Labute approximate surface area is 118 Å².